The molecule has 0 aliphatic carbocycles. The van der Waals surface area contributed by atoms with Crippen molar-refractivity contribution < 1.29 is 4.74 Å². The molecule has 0 saturated carbocycles. The first-order valence-electron chi connectivity index (χ1n) is 5.53. The van der Waals surface area contributed by atoms with Gasteiger partial charge in [-0.25, -0.2) is 0 Å². The van der Waals surface area contributed by atoms with Gasteiger partial charge < -0.3 is 15.4 Å². The normalized spacial score (nSPS) is 15.7. The third kappa shape index (κ3) is 2.84. The third-order valence-corrected chi connectivity index (χ3v) is 3.98. The van der Waals surface area contributed by atoms with Gasteiger partial charge in [0.2, 0.25) is 0 Å². The van der Waals surface area contributed by atoms with E-state index in [4.69, 9.17) is 22.7 Å². The van der Waals surface area contributed by atoms with Gasteiger partial charge in [0.05, 0.1) is 12.8 Å². The second kappa shape index (κ2) is 5.60. The van der Waals surface area contributed by atoms with Crippen LogP contribution in [0.15, 0.2) is 18.2 Å². The van der Waals surface area contributed by atoms with Gasteiger partial charge in [0, 0.05) is 36.2 Å². The van der Waals surface area contributed by atoms with Gasteiger partial charge in [0.25, 0.3) is 0 Å². The molecule has 0 unspecified atom stereocenters. The summed E-state index contributed by atoms with van der Waals surface area (Å²) in [6, 6.07) is 5.86. The van der Waals surface area contributed by atoms with Crippen molar-refractivity contribution in [3.05, 3.63) is 23.8 Å². The summed E-state index contributed by atoms with van der Waals surface area (Å²) in [5.74, 6) is 3.14. The molecule has 5 heteroatoms. The van der Waals surface area contributed by atoms with E-state index in [1.165, 1.54) is 0 Å². The first-order chi connectivity index (χ1) is 8.22. The Morgan fingerprint density at radius 2 is 2.12 bits per heavy atom. The van der Waals surface area contributed by atoms with Crippen molar-refractivity contribution in [1.29, 1.82) is 0 Å². The highest BCUT2D eigenvalue weighted by atomic mass is 32.2. The van der Waals surface area contributed by atoms with Crippen LogP contribution in [0.5, 0.6) is 5.75 Å². The molecule has 0 radical (unpaired) electrons. The van der Waals surface area contributed by atoms with Crippen molar-refractivity contribution in [2.24, 2.45) is 5.73 Å². The molecular weight excluding hydrogens is 252 g/mol. The molecule has 2 N–H and O–H groups in total. The Kier molecular flexibility index (Phi) is 4.12. The Balaban J connectivity index is 2.36. The van der Waals surface area contributed by atoms with Crippen LogP contribution in [0.2, 0.25) is 0 Å². The molecule has 1 saturated heterocycles. The van der Waals surface area contributed by atoms with Crippen LogP contribution in [0, 0.1) is 0 Å². The van der Waals surface area contributed by atoms with Crippen LogP contribution in [0.3, 0.4) is 0 Å². The van der Waals surface area contributed by atoms with Gasteiger partial charge in [0.1, 0.15) is 10.7 Å². The van der Waals surface area contributed by atoms with E-state index < -0.39 is 0 Å². The van der Waals surface area contributed by atoms with Crippen molar-refractivity contribution in [3.63, 3.8) is 0 Å². The lowest BCUT2D eigenvalue weighted by Crippen LogP contribution is -2.34. The zero-order valence-electron chi connectivity index (χ0n) is 9.81. The largest absolute Gasteiger partial charge is 0.497 e. The number of nitrogens with two attached hydrogens (primary N) is 1. The van der Waals surface area contributed by atoms with E-state index in [2.05, 4.69) is 4.90 Å². The second-order valence-corrected chi connectivity index (χ2v) is 5.51. The van der Waals surface area contributed by atoms with Gasteiger partial charge in [0.15, 0.2) is 0 Å². The van der Waals surface area contributed by atoms with E-state index in [0.717, 1.165) is 41.6 Å². The molecule has 1 fully saturated rings. The number of thioether (sulfide) groups is 1. The van der Waals surface area contributed by atoms with Crippen molar-refractivity contribution in [1.82, 2.24) is 0 Å². The fraction of sp³-hybridized carbons (Fsp3) is 0.417. The van der Waals surface area contributed by atoms with Crippen LogP contribution in [0.25, 0.3) is 0 Å². The number of thiocarbonyl (C=S) groups is 1. The lowest BCUT2D eigenvalue weighted by Gasteiger charge is -2.30. The lowest BCUT2D eigenvalue weighted by molar-refractivity contribution is 0.415. The average molecular weight is 268 g/mol. The Morgan fingerprint density at radius 1 is 1.41 bits per heavy atom. The summed E-state index contributed by atoms with van der Waals surface area (Å²) in [6.07, 6.45) is 0. The SMILES string of the molecule is COc1ccc(C(N)=S)c(N2CCSCC2)c1. The third-order valence-electron chi connectivity index (χ3n) is 2.82. The summed E-state index contributed by atoms with van der Waals surface area (Å²) in [5.41, 5.74) is 7.80. The van der Waals surface area contributed by atoms with Crippen LogP contribution < -0.4 is 15.4 Å². The summed E-state index contributed by atoms with van der Waals surface area (Å²) >= 11 is 7.08. The topological polar surface area (TPSA) is 38.5 Å². The highest BCUT2D eigenvalue weighted by molar-refractivity contribution is 7.99. The maximum atomic E-state index is 5.77. The fourth-order valence-corrected chi connectivity index (χ4v) is 2.99. The van der Waals surface area contributed by atoms with Gasteiger partial charge >= 0.3 is 0 Å². The lowest BCUT2D eigenvalue weighted by atomic mass is 10.1. The molecule has 1 aliphatic heterocycles. The average Bonchev–Trinajstić information content (AvgIpc) is 2.39. The van der Waals surface area contributed by atoms with Gasteiger partial charge in [-0.3, -0.25) is 0 Å². The summed E-state index contributed by atoms with van der Waals surface area (Å²) in [5, 5.41) is 0. The van der Waals surface area contributed by atoms with Crippen LogP contribution in [0.1, 0.15) is 5.56 Å². The maximum absolute atomic E-state index is 5.77. The number of hydrogen-bond donors (Lipinski definition) is 1. The number of nitrogens with zero attached hydrogens (tertiary/aromatic N) is 1. The Hall–Kier alpha value is -0.940. The maximum Gasteiger partial charge on any atom is 0.120 e. The van der Waals surface area contributed by atoms with E-state index in [-0.39, 0.29) is 0 Å². The monoisotopic (exact) mass is 268 g/mol. The highest BCUT2D eigenvalue weighted by Gasteiger charge is 2.16. The smallest absolute Gasteiger partial charge is 0.120 e. The molecular formula is C12H16N2OS2. The summed E-state index contributed by atoms with van der Waals surface area (Å²) < 4.78 is 5.26. The quantitative estimate of drug-likeness (QED) is 0.847. The molecule has 3 nitrogen and oxygen atoms in total. The molecule has 0 aromatic heterocycles. The molecule has 0 amide bonds. The molecule has 1 heterocycles. The van der Waals surface area contributed by atoms with Gasteiger partial charge in [-0.15, -0.1) is 0 Å². The molecule has 1 aromatic carbocycles. The molecule has 1 aliphatic rings. The highest BCUT2D eigenvalue weighted by Crippen LogP contribution is 2.28. The predicted molar refractivity (Wildman–Crippen MR) is 78.4 cm³/mol. The molecule has 0 atom stereocenters. The van der Waals surface area contributed by atoms with Crippen LogP contribution in [0.4, 0.5) is 5.69 Å². The van der Waals surface area contributed by atoms with Crippen LogP contribution in [-0.4, -0.2) is 36.7 Å². The molecule has 17 heavy (non-hydrogen) atoms. The Bertz CT molecular complexity index is 417. The molecule has 0 bridgehead atoms. The first kappa shape index (κ1) is 12.5. The standard InChI is InChI=1S/C12H16N2OS2/c1-15-9-2-3-10(12(13)16)11(8-9)14-4-6-17-7-5-14/h2-3,8H,4-7H2,1H3,(H2,13,16). The predicted octanol–water partition coefficient (Wildman–Crippen LogP) is 1.88. The minimum atomic E-state index is 0.445. The molecule has 1 aromatic rings. The first-order valence-corrected chi connectivity index (χ1v) is 7.09. The summed E-state index contributed by atoms with van der Waals surface area (Å²) in [7, 11) is 1.67. The van der Waals surface area contributed by atoms with Crippen LogP contribution in [-0.2, 0) is 0 Å². The number of benzene rings is 1. The number of ether oxygens (including phenoxy) is 1. The zero-order chi connectivity index (χ0) is 12.3. The van der Waals surface area contributed by atoms with Crippen molar-refractivity contribution >= 4 is 34.7 Å². The molecule has 0 spiro atoms. The van der Waals surface area contributed by atoms with Crippen molar-refractivity contribution in [3.8, 4) is 5.75 Å². The Labute approximate surface area is 111 Å². The minimum Gasteiger partial charge on any atom is -0.497 e. The van der Waals surface area contributed by atoms with Crippen LogP contribution >= 0.6 is 24.0 Å². The number of rotatable bonds is 3. The van der Waals surface area contributed by atoms with Gasteiger partial charge in [-0.1, -0.05) is 12.2 Å². The van der Waals surface area contributed by atoms with E-state index in [0.29, 0.717) is 4.99 Å². The molecule has 92 valence electrons. The zero-order valence-corrected chi connectivity index (χ0v) is 11.4. The van der Waals surface area contributed by atoms with Crippen molar-refractivity contribution in [2.75, 3.05) is 36.6 Å². The number of hydrogen-bond acceptors (Lipinski definition) is 4. The summed E-state index contributed by atoms with van der Waals surface area (Å²) in [6.45, 7) is 2.07. The molecule has 2 rings (SSSR count). The van der Waals surface area contributed by atoms with Crippen molar-refractivity contribution in [2.45, 2.75) is 0 Å². The van der Waals surface area contributed by atoms with E-state index >= 15 is 0 Å². The minimum absolute atomic E-state index is 0.445. The van der Waals surface area contributed by atoms with Gasteiger partial charge in [-0.2, -0.15) is 11.8 Å². The Morgan fingerprint density at radius 3 is 2.71 bits per heavy atom. The van der Waals surface area contributed by atoms with E-state index in [1.807, 2.05) is 30.0 Å². The fourth-order valence-electron chi connectivity index (χ4n) is 1.91. The number of anilines is 1. The number of methoxy groups -OCH3 is 1. The van der Waals surface area contributed by atoms with E-state index in [9.17, 15) is 0 Å². The second-order valence-electron chi connectivity index (χ2n) is 3.85. The van der Waals surface area contributed by atoms with E-state index in [1.54, 1.807) is 7.11 Å². The van der Waals surface area contributed by atoms with Gasteiger partial charge in [-0.05, 0) is 12.1 Å². The summed E-state index contributed by atoms with van der Waals surface area (Å²) in [4.78, 5) is 2.77.